The summed E-state index contributed by atoms with van der Waals surface area (Å²) >= 11 is 2.01. The number of halogens is 1. The van der Waals surface area contributed by atoms with Gasteiger partial charge in [0.1, 0.15) is 5.60 Å². The Kier molecular flexibility index (Phi) is 5.37. The summed E-state index contributed by atoms with van der Waals surface area (Å²) in [6.45, 7) is 6.06. The van der Waals surface area contributed by atoms with Crippen LogP contribution < -0.4 is 5.56 Å². The lowest BCUT2D eigenvalue weighted by atomic mass is 10.2. The van der Waals surface area contributed by atoms with Crippen molar-refractivity contribution >= 4 is 28.6 Å². The van der Waals surface area contributed by atoms with E-state index >= 15 is 0 Å². The second-order valence-electron chi connectivity index (χ2n) is 5.04. The Hall–Kier alpha value is -0.850. The van der Waals surface area contributed by atoms with E-state index in [-0.39, 0.29) is 11.5 Å². The second kappa shape index (κ2) is 6.36. The molecule has 1 heterocycles. The summed E-state index contributed by atoms with van der Waals surface area (Å²) in [6.07, 6.45) is 2.67. The predicted octanol–water partition coefficient (Wildman–Crippen LogP) is 2.57. The SMILES string of the molecule is CC(C)(C)OC(=O)CCCn1cccc(I)c1=O. The van der Waals surface area contributed by atoms with Gasteiger partial charge < -0.3 is 9.30 Å². The summed E-state index contributed by atoms with van der Waals surface area (Å²) < 4.78 is 7.51. The molecule has 0 spiro atoms. The summed E-state index contributed by atoms with van der Waals surface area (Å²) in [4.78, 5) is 23.2. The molecule has 1 rings (SSSR count). The molecule has 0 aliphatic rings. The second-order valence-corrected chi connectivity index (χ2v) is 6.21. The molecule has 0 fully saturated rings. The molecule has 0 bridgehead atoms. The lowest BCUT2D eigenvalue weighted by molar-refractivity contribution is -0.154. The van der Waals surface area contributed by atoms with Crippen molar-refractivity contribution in [3.05, 3.63) is 32.3 Å². The Balaban J connectivity index is 2.45. The fraction of sp³-hybridized carbons (Fsp3) is 0.538. The Morgan fingerprint density at radius 1 is 1.44 bits per heavy atom. The molecule has 0 aromatic carbocycles. The van der Waals surface area contributed by atoms with Crippen molar-refractivity contribution in [3.63, 3.8) is 0 Å². The van der Waals surface area contributed by atoms with E-state index in [1.54, 1.807) is 16.8 Å². The molecule has 0 amide bonds. The third-order valence-electron chi connectivity index (χ3n) is 2.17. The third-order valence-corrected chi connectivity index (χ3v) is 2.99. The van der Waals surface area contributed by atoms with Gasteiger partial charge in [0.25, 0.3) is 5.56 Å². The van der Waals surface area contributed by atoms with Crippen molar-refractivity contribution in [1.29, 1.82) is 0 Å². The van der Waals surface area contributed by atoms with Crippen LogP contribution in [0.25, 0.3) is 0 Å². The van der Waals surface area contributed by atoms with Crippen LogP contribution >= 0.6 is 22.6 Å². The van der Waals surface area contributed by atoms with Crippen LogP contribution in [0.1, 0.15) is 33.6 Å². The van der Waals surface area contributed by atoms with Gasteiger partial charge in [0, 0.05) is 19.2 Å². The van der Waals surface area contributed by atoms with E-state index < -0.39 is 5.60 Å². The molecule has 0 N–H and O–H groups in total. The average molecular weight is 363 g/mol. The quantitative estimate of drug-likeness (QED) is 0.610. The number of hydrogen-bond acceptors (Lipinski definition) is 3. The van der Waals surface area contributed by atoms with Crippen molar-refractivity contribution in [2.45, 2.75) is 45.8 Å². The van der Waals surface area contributed by atoms with Crippen molar-refractivity contribution in [2.75, 3.05) is 0 Å². The van der Waals surface area contributed by atoms with Gasteiger partial charge in [0.05, 0.1) is 3.57 Å². The van der Waals surface area contributed by atoms with Crippen LogP contribution in [0.3, 0.4) is 0 Å². The van der Waals surface area contributed by atoms with Gasteiger partial charge in [-0.3, -0.25) is 9.59 Å². The highest BCUT2D eigenvalue weighted by atomic mass is 127. The minimum atomic E-state index is -0.448. The smallest absolute Gasteiger partial charge is 0.306 e. The number of carbonyl (C=O) groups is 1. The number of rotatable bonds is 4. The molecular formula is C13H18INO3. The van der Waals surface area contributed by atoms with E-state index in [0.29, 0.717) is 23.0 Å². The largest absolute Gasteiger partial charge is 0.460 e. The molecule has 0 aliphatic heterocycles. The van der Waals surface area contributed by atoms with Crippen LogP contribution in [0.4, 0.5) is 0 Å². The van der Waals surface area contributed by atoms with Gasteiger partial charge in [-0.1, -0.05) is 0 Å². The summed E-state index contributed by atoms with van der Waals surface area (Å²) in [5.41, 5.74) is -0.460. The highest BCUT2D eigenvalue weighted by Gasteiger charge is 2.15. The van der Waals surface area contributed by atoms with Gasteiger partial charge in [-0.15, -0.1) is 0 Å². The Morgan fingerprint density at radius 2 is 2.11 bits per heavy atom. The molecule has 0 saturated carbocycles. The lowest BCUT2D eigenvalue weighted by Gasteiger charge is -2.19. The zero-order valence-corrected chi connectivity index (χ0v) is 13.1. The van der Waals surface area contributed by atoms with Gasteiger partial charge in [-0.05, 0) is 61.9 Å². The molecule has 1 aromatic heterocycles. The standard InChI is InChI=1S/C13H18INO3/c1-13(2,3)18-11(16)7-5-9-15-8-4-6-10(14)12(15)17/h4,6,8H,5,7,9H2,1-3H3. The first-order valence-corrected chi connectivity index (χ1v) is 6.94. The van der Waals surface area contributed by atoms with Crippen LogP contribution in [0.2, 0.25) is 0 Å². The first-order chi connectivity index (χ1) is 8.29. The number of ether oxygens (including phenoxy) is 1. The minimum Gasteiger partial charge on any atom is -0.460 e. The van der Waals surface area contributed by atoms with Crippen molar-refractivity contribution in [1.82, 2.24) is 4.57 Å². The van der Waals surface area contributed by atoms with E-state index in [4.69, 9.17) is 4.74 Å². The van der Waals surface area contributed by atoms with Gasteiger partial charge in [-0.2, -0.15) is 0 Å². The Morgan fingerprint density at radius 3 is 2.72 bits per heavy atom. The lowest BCUT2D eigenvalue weighted by Crippen LogP contribution is -2.25. The topological polar surface area (TPSA) is 48.3 Å². The molecule has 0 saturated heterocycles. The maximum absolute atomic E-state index is 11.7. The fourth-order valence-corrected chi connectivity index (χ4v) is 1.99. The minimum absolute atomic E-state index is 0.0118. The number of hydrogen-bond donors (Lipinski definition) is 0. The maximum Gasteiger partial charge on any atom is 0.306 e. The highest BCUT2D eigenvalue weighted by molar-refractivity contribution is 14.1. The maximum atomic E-state index is 11.7. The van der Waals surface area contributed by atoms with Crippen LogP contribution in [0, 0.1) is 3.57 Å². The van der Waals surface area contributed by atoms with E-state index in [0.717, 1.165) is 0 Å². The number of esters is 1. The number of pyridine rings is 1. The molecule has 0 radical (unpaired) electrons. The van der Waals surface area contributed by atoms with E-state index in [1.807, 2.05) is 49.4 Å². The Bertz CT molecular complexity index is 474. The first kappa shape index (κ1) is 15.2. The fourth-order valence-electron chi connectivity index (χ4n) is 1.47. The van der Waals surface area contributed by atoms with Crippen LogP contribution in [-0.2, 0) is 16.1 Å². The highest BCUT2D eigenvalue weighted by Crippen LogP contribution is 2.09. The van der Waals surface area contributed by atoms with E-state index in [1.165, 1.54) is 0 Å². The molecule has 5 heteroatoms. The van der Waals surface area contributed by atoms with Crippen molar-refractivity contribution < 1.29 is 9.53 Å². The van der Waals surface area contributed by atoms with Gasteiger partial charge in [-0.25, -0.2) is 0 Å². The zero-order valence-electron chi connectivity index (χ0n) is 10.9. The summed E-state index contributed by atoms with van der Waals surface area (Å²) in [6, 6.07) is 3.60. The number of carbonyl (C=O) groups excluding carboxylic acids is 1. The third kappa shape index (κ3) is 5.20. The molecule has 0 aliphatic carbocycles. The molecule has 18 heavy (non-hydrogen) atoms. The van der Waals surface area contributed by atoms with Gasteiger partial charge in [0.2, 0.25) is 0 Å². The van der Waals surface area contributed by atoms with E-state index in [9.17, 15) is 9.59 Å². The van der Waals surface area contributed by atoms with Crippen molar-refractivity contribution in [3.8, 4) is 0 Å². The van der Waals surface area contributed by atoms with Crippen LogP contribution in [0.15, 0.2) is 23.1 Å². The van der Waals surface area contributed by atoms with E-state index in [2.05, 4.69) is 0 Å². The normalized spacial score (nSPS) is 11.3. The predicted molar refractivity (Wildman–Crippen MR) is 78.5 cm³/mol. The number of aromatic nitrogens is 1. The summed E-state index contributed by atoms with van der Waals surface area (Å²) in [5, 5.41) is 0. The average Bonchev–Trinajstić information content (AvgIpc) is 2.21. The molecule has 1 aromatic rings. The van der Waals surface area contributed by atoms with Gasteiger partial charge >= 0.3 is 5.97 Å². The number of aryl methyl sites for hydroxylation is 1. The monoisotopic (exact) mass is 363 g/mol. The van der Waals surface area contributed by atoms with Crippen LogP contribution in [-0.4, -0.2) is 16.1 Å². The molecule has 0 atom stereocenters. The first-order valence-electron chi connectivity index (χ1n) is 5.86. The summed E-state index contributed by atoms with van der Waals surface area (Å²) in [5.74, 6) is -0.221. The Labute approximate surface area is 120 Å². The number of nitrogens with zero attached hydrogens (tertiary/aromatic N) is 1. The zero-order chi connectivity index (χ0) is 13.8. The molecule has 100 valence electrons. The summed E-state index contributed by atoms with van der Waals surface area (Å²) in [7, 11) is 0. The molecule has 4 nitrogen and oxygen atoms in total. The molecular weight excluding hydrogens is 345 g/mol. The van der Waals surface area contributed by atoms with Gasteiger partial charge in [0.15, 0.2) is 0 Å². The van der Waals surface area contributed by atoms with Crippen LogP contribution in [0.5, 0.6) is 0 Å². The molecule has 0 unspecified atom stereocenters. The van der Waals surface area contributed by atoms with Crippen molar-refractivity contribution in [2.24, 2.45) is 0 Å².